The van der Waals surface area contributed by atoms with Gasteiger partial charge in [0.15, 0.2) is 0 Å². The first-order valence-corrected chi connectivity index (χ1v) is 11.1. The average Bonchev–Trinajstić information content (AvgIpc) is 3.29. The summed E-state index contributed by atoms with van der Waals surface area (Å²) in [7, 11) is -3.74. The first-order chi connectivity index (χ1) is 14.9. The lowest BCUT2D eigenvalue weighted by atomic mass is 10.1. The van der Waals surface area contributed by atoms with Gasteiger partial charge in [-0.1, -0.05) is 6.07 Å². The Morgan fingerprint density at radius 2 is 1.87 bits per heavy atom. The van der Waals surface area contributed by atoms with Gasteiger partial charge in [0.2, 0.25) is 22.3 Å². The van der Waals surface area contributed by atoms with Crippen molar-refractivity contribution in [3.8, 4) is 11.5 Å². The van der Waals surface area contributed by atoms with Gasteiger partial charge in [0, 0.05) is 30.4 Å². The number of nitrogens with zero attached hydrogens (tertiary/aromatic N) is 3. The molecule has 0 unspecified atom stereocenters. The Labute approximate surface area is 178 Å². The minimum atomic E-state index is -3.74. The molecule has 2 aromatic carbocycles. The summed E-state index contributed by atoms with van der Waals surface area (Å²) in [5, 5.41) is 10.3. The highest BCUT2D eigenvalue weighted by atomic mass is 32.2. The van der Waals surface area contributed by atoms with Crippen LogP contribution in [-0.4, -0.2) is 48.7 Å². The van der Waals surface area contributed by atoms with E-state index >= 15 is 0 Å². The first-order valence-electron chi connectivity index (χ1n) is 9.61. The number of nitrogens with one attached hydrogen (secondary N) is 2. The molecule has 11 heteroatoms. The lowest BCUT2D eigenvalue weighted by Gasteiger charge is -2.32. The van der Waals surface area contributed by atoms with Crippen LogP contribution in [0.2, 0.25) is 0 Å². The van der Waals surface area contributed by atoms with Crippen molar-refractivity contribution in [1.82, 2.24) is 19.8 Å². The van der Waals surface area contributed by atoms with Crippen molar-refractivity contribution in [2.45, 2.75) is 23.8 Å². The number of hydrogen-bond donors (Lipinski definition) is 2. The molecule has 0 aliphatic carbocycles. The SMILES string of the molecule is O=C(Nc1cccc(-c2nnco2)c1)N1CCC(NS(=O)(=O)c2ccc(F)cc2)CC1. The Kier molecular flexibility index (Phi) is 5.96. The van der Waals surface area contributed by atoms with Crippen LogP contribution in [-0.2, 0) is 10.0 Å². The third kappa shape index (κ3) is 5.06. The number of hydrogen-bond acceptors (Lipinski definition) is 6. The second-order valence-electron chi connectivity index (χ2n) is 7.09. The van der Waals surface area contributed by atoms with Gasteiger partial charge in [-0.05, 0) is 55.3 Å². The maximum atomic E-state index is 13.0. The van der Waals surface area contributed by atoms with Crippen molar-refractivity contribution in [2.75, 3.05) is 18.4 Å². The molecular weight excluding hydrogens is 425 g/mol. The number of sulfonamides is 1. The number of urea groups is 1. The van der Waals surface area contributed by atoms with Crippen molar-refractivity contribution in [3.05, 3.63) is 60.7 Å². The molecule has 1 fully saturated rings. The zero-order chi connectivity index (χ0) is 21.8. The summed E-state index contributed by atoms with van der Waals surface area (Å²) in [6.07, 6.45) is 2.17. The highest BCUT2D eigenvalue weighted by Gasteiger charge is 2.27. The molecule has 1 saturated heterocycles. The van der Waals surface area contributed by atoms with E-state index in [-0.39, 0.29) is 17.0 Å². The molecule has 0 bridgehead atoms. The Morgan fingerprint density at radius 1 is 1.13 bits per heavy atom. The largest absolute Gasteiger partial charge is 0.423 e. The zero-order valence-electron chi connectivity index (χ0n) is 16.4. The van der Waals surface area contributed by atoms with Crippen LogP contribution >= 0.6 is 0 Å². The molecule has 31 heavy (non-hydrogen) atoms. The van der Waals surface area contributed by atoms with Crippen molar-refractivity contribution in [2.24, 2.45) is 0 Å². The number of benzene rings is 2. The number of halogens is 1. The molecular formula is C20H20FN5O4S. The van der Waals surface area contributed by atoms with Crippen LogP contribution in [0.25, 0.3) is 11.5 Å². The van der Waals surface area contributed by atoms with Gasteiger partial charge in [0.1, 0.15) is 5.82 Å². The number of piperidine rings is 1. The fourth-order valence-corrected chi connectivity index (χ4v) is 4.64. The normalized spacial score (nSPS) is 15.1. The molecule has 2 amide bonds. The fourth-order valence-electron chi connectivity index (χ4n) is 3.33. The van der Waals surface area contributed by atoms with E-state index in [4.69, 9.17) is 4.42 Å². The van der Waals surface area contributed by atoms with Crippen LogP contribution in [0.15, 0.2) is 64.2 Å². The monoisotopic (exact) mass is 445 g/mol. The van der Waals surface area contributed by atoms with Gasteiger partial charge in [-0.15, -0.1) is 10.2 Å². The van der Waals surface area contributed by atoms with Gasteiger partial charge in [-0.25, -0.2) is 22.3 Å². The van der Waals surface area contributed by atoms with E-state index in [9.17, 15) is 17.6 Å². The number of carbonyl (C=O) groups is 1. The number of amides is 2. The molecule has 1 aliphatic heterocycles. The van der Waals surface area contributed by atoms with Crippen molar-refractivity contribution < 1.29 is 22.0 Å². The summed E-state index contributed by atoms with van der Waals surface area (Å²) >= 11 is 0. The molecule has 0 saturated carbocycles. The lowest BCUT2D eigenvalue weighted by Crippen LogP contribution is -2.47. The predicted molar refractivity (Wildman–Crippen MR) is 110 cm³/mol. The second kappa shape index (κ2) is 8.82. The second-order valence-corrected chi connectivity index (χ2v) is 8.81. The molecule has 1 aliphatic rings. The number of likely N-dealkylation sites (tertiary alicyclic amines) is 1. The number of anilines is 1. The average molecular weight is 445 g/mol. The zero-order valence-corrected chi connectivity index (χ0v) is 17.2. The molecule has 162 valence electrons. The highest BCUT2D eigenvalue weighted by molar-refractivity contribution is 7.89. The van der Waals surface area contributed by atoms with E-state index < -0.39 is 15.8 Å². The molecule has 2 N–H and O–H groups in total. The van der Waals surface area contributed by atoms with E-state index in [1.54, 1.807) is 29.2 Å². The van der Waals surface area contributed by atoms with E-state index in [1.165, 1.54) is 18.5 Å². The van der Waals surface area contributed by atoms with Crippen LogP contribution in [0.4, 0.5) is 14.9 Å². The van der Waals surface area contributed by atoms with Gasteiger partial charge in [0.05, 0.1) is 4.90 Å². The highest BCUT2D eigenvalue weighted by Crippen LogP contribution is 2.21. The summed E-state index contributed by atoms with van der Waals surface area (Å²) in [5.74, 6) is -0.147. The van der Waals surface area contributed by atoms with Crippen LogP contribution in [0.1, 0.15) is 12.8 Å². The molecule has 2 heterocycles. The number of rotatable bonds is 5. The summed E-state index contributed by atoms with van der Waals surface area (Å²) in [4.78, 5) is 14.2. The quantitative estimate of drug-likeness (QED) is 0.624. The third-order valence-corrected chi connectivity index (χ3v) is 6.49. The number of aromatic nitrogens is 2. The molecule has 1 aromatic heterocycles. The van der Waals surface area contributed by atoms with Crippen LogP contribution in [0.3, 0.4) is 0 Å². The maximum absolute atomic E-state index is 13.0. The Balaban J connectivity index is 1.32. The molecule has 0 atom stereocenters. The Bertz CT molecular complexity index is 1140. The van der Waals surface area contributed by atoms with Crippen molar-refractivity contribution in [1.29, 1.82) is 0 Å². The molecule has 9 nitrogen and oxygen atoms in total. The maximum Gasteiger partial charge on any atom is 0.321 e. The van der Waals surface area contributed by atoms with Crippen LogP contribution in [0.5, 0.6) is 0 Å². The van der Waals surface area contributed by atoms with E-state index in [0.29, 0.717) is 43.1 Å². The smallest absolute Gasteiger partial charge is 0.321 e. The molecule has 3 aromatic rings. The van der Waals surface area contributed by atoms with E-state index in [0.717, 1.165) is 12.1 Å². The van der Waals surface area contributed by atoms with Crippen molar-refractivity contribution >= 4 is 21.7 Å². The van der Waals surface area contributed by atoms with Gasteiger partial charge in [-0.2, -0.15) is 0 Å². The third-order valence-electron chi connectivity index (χ3n) is 4.95. The van der Waals surface area contributed by atoms with Crippen LogP contribution in [0, 0.1) is 5.82 Å². The lowest BCUT2D eigenvalue weighted by molar-refractivity contribution is 0.193. The minimum Gasteiger partial charge on any atom is -0.423 e. The number of carbonyl (C=O) groups excluding carboxylic acids is 1. The molecule has 0 spiro atoms. The summed E-state index contributed by atoms with van der Waals surface area (Å²) in [6.45, 7) is 0.789. The van der Waals surface area contributed by atoms with E-state index in [2.05, 4.69) is 20.2 Å². The predicted octanol–water partition coefficient (Wildman–Crippen LogP) is 2.85. The van der Waals surface area contributed by atoms with E-state index in [1.807, 2.05) is 0 Å². The van der Waals surface area contributed by atoms with Crippen molar-refractivity contribution in [3.63, 3.8) is 0 Å². The summed E-state index contributed by atoms with van der Waals surface area (Å²) in [5.41, 5.74) is 1.27. The topological polar surface area (TPSA) is 117 Å². The molecule has 4 rings (SSSR count). The van der Waals surface area contributed by atoms with Gasteiger partial charge < -0.3 is 14.6 Å². The minimum absolute atomic E-state index is 0.00945. The fraction of sp³-hybridized carbons (Fsp3) is 0.250. The van der Waals surface area contributed by atoms with Gasteiger partial charge >= 0.3 is 6.03 Å². The summed E-state index contributed by atoms with van der Waals surface area (Å²) in [6, 6.07) is 11.1. The Hall–Kier alpha value is -3.31. The Morgan fingerprint density at radius 3 is 2.55 bits per heavy atom. The summed E-state index contributed by atoms with van der Waals surface area (Å²) < 4.78 is 45.7. The van der Waals surface area contributed by atoms with Gasteiger partial charge in [-0.3, -0.25) is 0 Å². The molecule has 0 radical (unpaired) electrons. The first kappa shape index (κ1) is 20.9. The standard InChI is InChI=1S/C20H20FN5O4S/c21-15-4-6-18(7-5-15)31(28,29)25-16-8-10-26(11-9-16)20(27)23-17-3-1-2-14(12-17)19-24-22-13-30-19/h1-7,12-13,16,25H,8-11H2,(H,23,27). The van der Waals surface area contributed by atoms with Crippen LogP contribution < -0.4 is 10.0 Å². The van der Waals surface area contributed by atoms with Gasteiger partial charge in [0.25, 0.3) is 0 Å².